The molecule has 0 radical (unpaired) electrons. The smallest absolute Gasteiger partial charge is 0.123 e. The van der Waals surface area contributed by atoms with Crippen LogP contribution in [0.25, 0.3) is 33.0 Å². The van der Waals surface area contributed by atoms with Crippen LogP contribution in [0.4, 0.5) is 0 Å². The van der Waals surface area contributed by atoms with Gasteiger partial charge in [0.15, 0.2) is 0 Å². The van der Waals surface area contributed by atoms with Gasteiger partial charge in [-0.3, -0.25) is 9.97 Å². The third-order valence-electron chi connectivity index (χ3n) is 7.21. The van der Waals surface area contributed by atoms with Crippen molar-refractivity contribution in [3.8, 4) is 33.8 Å². The monoisotopic (exact) mass is 508 g/mol. The second kappa shape index (κ2) is 10.8. The van der Waals surface area contributed by atoms with E-state index in [1.807, 2.05) is 36.7 Å². The van der Waals surface area contributed by atoms with Crippen LogP contribution < -0.4 is 9.47 Å². The minimum Gasteiger partial charge on any atom is -0.496 e. The second-order valence-corrected chi connectivity index (χ2v) is 9.40. The van der Waals surface area contributed by atoms with Gasteiger partial charge in [-0.15, -0.1) is 0 Å². The molecule has 0 amide bonds. The number of nitrogens with zero attached hydrogens (tertiary/aromatic N) is 2. The Labute approximate surface area is 228 Å². The number of aromatic nitrogens is 2. The van der Waals surface area contributed by atoms with E-state index < -0.39 is 0 Å². The van der Waals surface area contributed by atoms with Crippen LogP contribution in [-0.4, -0.2) is 24.2 Å². The molecule has 39 heavy (non-hydrogen) atoms. The fourth-order valence-electron chi connectivity index (χ4n) is 5.35. The summed E-state index contributed by atoms with van der Waals surface area (Å²) in [7, 11) is 3.46. The van der Waals surface area contributed by atoms with Gasteiger partial charge in [0.05, 0.1) is 14.2 Å². The van der Waals surface area contributed by atoms with Gasteiger partial charge >= 0.3 is 0 Å². The van der Waals surface area contributed by atoms with E-state index in [1.165, 1.54) is 16.3 Å². The third kappa shape index (κ3) is 4.73. The predicted molar refractivity (Wildman–Crippen MR) is 157 cm³/mol. The van der Waals surface area contributed by atoms with Crippen molar-refractivity contribution in [2.45, 2.75) is 5.92 Å². The molecule has 0 bridgehead atoms. The first-order valence-electron chi connectivity index (χ1n) is 12.9. The maximum atomic E-state index is 5.99. The number of hydrogen-bond acceptors (Lipinski definition) is 4. The minimum atomic E-state index is -0.172. The van der Waals surface area contributed by atoms with Crippen molar-refractivity contribution in [3.63, 3.8) is 0 Å². The first-order chi connectivity index (χ1) is 19.3. The Bertz CT molecular complexity index is 1640. The summed E-state index contributed by atoms with van der Waals surface area (Å²) in [6.07, 6.45) is 7.37. The van der Waals surface area contributed by atoms with Gasteiger partial charge in [-0.05, 0) is 63.9 Å². The Balaban J connectivity index is 1.66. The number of pyridine rings is 2. The standard InChI is InChI=1S/C35H28N2O2/c1-38-33-16-14-25(27-10-6-18-36-22-27)20-31(33)35(30-13-5-9-24-8-3-4-12-29(24)30)32-21-26(15-17-34(32)39-2)28-11-7-19-37-23-28/h3-23,35H,1-2H3. The Morgan fingerprint density at radius 1 is 0.513 bits per heavy atom. The summed E-state index contributed by atoms with van der Waals surface area (Å²) in [5.41, 5.74) is 7.53. The van der Waals surface area contributed by atoms with E-state index in [-0.39, 0.29) is 5.92 Å². The van der Waals surface area contributed by atoms with E-state index >= 15 is 0 Å². The van der Waals surface area contributed by atoms with Crippen LogP contribution in [0.3, 0.4) is 0 Å². The number of benzene rings is 4. The second-order valence-electron chi connectivity index (χ2n) is 9.40. The largest absolute Gasteiger partial charge is 0.496 e. The summed E-state index contributed by atoms with van der Waals surface area (Å²) in [6.45, 7) is 0. The van der Waals surface area contributed by atoms with E-state index in [0.717, 1.165) is 44.9 Å². The topological polar surface area (TPSA) is 44.2 Å². The Morgan fingerprint density at radius 2 is 1.08 bits per heavy atom. The highest BCUT2D eigenvalue weighted by molar-refractivity contribution is 5.88. The highest BCUT2D eigenvalue weighted by Crippen LogP contribution is 2.45. The molecule has 0 atom stereocenters. The first kappa shape index (κ1) is 24.4. The van der Waals surface area contributed by atoms with Gasteiger partial charge in [0.25, 0.3) is 0 Å². The SMILES string of the molecule is COc1ccc(-c2cccnc2)cc1C(c1cc(-c2cccnc2)ccc1OC)c1cccc2ccccc12. The van der Waals surface area contributed by atoms with Crippen molar-refractivity contribution in [1.82, 2.24) is 9.97 Å². The Kier molecular flexibility index (Phi) is 6.75. The number of rotatable bonds is 7. The highest BCUT2D eigenvalue weighted by atomic mass is 16.5. The number of hydrogen-bond donors (Lipinski definition) is 0. The molecule has 6 aromatic rings. The molecule has 0 saturated heterocycles. The number of ether oxygens (including phenoxy) is 2. The molecular weight excluding hydrogens is 480 g/mol. The molecule has 0 aliphatic carbocycles. The lowest BCUT2D eigenvalue weighted by atomic mass is 9.80. The van der Waals surface area contributed by atoms with E-state index in [2.05, 4.69) is 88.8 Å². The molecule has 0 aliphatic heterocycles. The quantitative estimate of drug-likeness (QED) is 0.204. The maximum Gasteiger partial charge on any atom is 0.123 e. The van der Waals surface area contributed by atoms with E-state index in [1.54, 1.807) is 26.6 Å². The predicted octanol–water partition coefficient (Wildman–Crippen LogP) is 8.16. The van der Waals surface area contributed by atoms with Crippen molar-refractivity contribution in [2.24, 2.45) is 0 Å². The summed E-state index contributed by atoms with van der Waals surface area (Å²) in [5.74, 6) is 1.46. The van der Waals surface area contributed by atoms with E-state index in [4.69, 9.17) is 9.47 Å². The summed E-state index contributed by atoms with van der Waals surface area (Å²) in [5, 5.41) is 2.37. The van der Waals surface area contributed by atoms with Gasteiger partial charge in [-0.1, -0.05) is 66.7 Å². The lowest BCUT2D eigenvalue weighted by Gasteiger charge is -2.25. The average molecular weight is 509 g/mol. The molecule has 4 aromatic carbocycles. The third-order valence-corrected chi connectivity index (χ3v) is 7.21. The lowest BCUT2D eigenvalue weighted by Crippen LogP contribution is -2.09. The van der Waals surface area contributed by atoms with Crippen molar-refractivity contribution in [2.75, 3.05) is 14.2 Å². The molecule has 0 spiro atoms. The zero-order chi connectivity index (χ0) is 26.6. The van der Waals surface area contributed by atoms with Gasteiger partial charge in [0.1, 0.15) is 11.5 Å². The number of methoxy groups -OCH3 is 2. The van der Waals surface area contributed by atoms with Gasteiger partial charge in [-0.25, -0.2) is 0 Å². The Hall–Kier alpha value is -4.96. The average Bonchev–Trinajstić information content (AvgIpc) is 3.02. The van der Waals surface area contributed by atoms with Crippen LogP contribution >= 0.6 is 0 Å². The summed E-state index contributed by atoms with van der Waals surface area (Å²) < 4.78 is 12.0. The van der Waals surface area contributed by atoms with Crippen molar-refractivity contribution >= 4 is 10.8 Å². The van der Waals surface area contributed by atoms with Crippen LogP contribution in [0.5, 0.6) is 11.5 Å². The molecule has 4 heteroatoms. The van der Waals surface area contributed by atoms with E-state index in [0.29, 0.717) is 0 Å². The van der Waals surface area contributed by atoms with Gasteiger partial charge in [0.2, 0.25) is 0 Å². The van der Waals surface area contributed by atoms with Crippen molar-refractivity contribution < 1.29 is 9.47 Å². The van der Waals surface area contributed by atoms with Crippen LogP contribution in [0.2, 0.25) is 0 Å². The maximum absolute atomic E-state index is 5.99. The fourth-order valence-corrected chi connectivity index (χ4v) is 5.35. The summed E-state index contributed by atoms with van der Waals surface area (Å²) >= 11 is 0. The van der Waals surface area contributed by atoms with Gasteiger partial charge in [-0.2, -0.15) is 0 Å². The minimum absolute atomic E-state index is 0.172. The van der Waals surface area contributed by atoms with Gasteiger partial charge in [0, 0.05) is 53.0 Å². The first-order valence-corrected chi connectivity index (χ1v) is 12.9. The zero-order valence-corrected chi connectivity index (χ0v) is 21.9. The molecule has 2 aromatic heterocycles. The lowest BCUT2D eigenvalue weighted by molar-refractivity contribution is 0.402. The summed E-state index contributed by atoms with van der Waals surface area (Å²) in [6, 6.07) is 35.8. The normalized spacial score (nSPS) is 11.1. The molecule has 0 aliphatic rings. The van der Waals surface area contributed by atoms with Crippen LogP contribution in [0.1, 0.15) is 22.6 Å². The molecule has 190 valence electrons. The van der Waals surface area contributed by atoms with Crippen LogP contribution in [0, 0.1) is 0 Å². The molecule has 0 fully saturated rings. The fraction of sp³-hybridized carbons (Fsp3) is 0.0857. The number of fused-ring (bicyclic) bond motifs is 1. The highest BCUT2D eigenvalue weighted by Gasteiger charge is 2.26. The zero-order valence-electron chi connectivity index (χ0n) is 21.9. The molecule has 0 unspecified atom stereocenters. The van der Waals surface area contributed by atoms with Crippen molar-refractivity contribution in [1.29, 1.82) is 0 Å². The molecule has 4 nitrogen and oxygen atoms in total. The molecule has 0 saturated carbocycles. The molecular formula is C35H28N2O2. The van der Waals surface area contributed by atoms with Gasteiger partial charge < -0.3 is 9.47 Å². The van der Waals surface area contributed by atoms with Crippen molar-refractivity contribution in [3.05, 3.63) is 145 Å². The molecule has 2 heterocycles. The van der Waals surface area contributed by atoms with E-state index in [9.17, 15) is 0 Å². The summed E-state index contributed by atoms with van der Waals surface area (Å²) in [4.78, 5) is 8.70. The van der Waals surface area contributed by atoms with Crippen LogP contribution in [0.15, 0.2) is 128 Å². The molecule has 0 N–H and O–H groups in total. The van der Waals surface area contributed by atoms with Crippen LogP contribution in [-0.2, 0) is 0 Å². The molecule has 6 rings (SSSR count). The Morgan fingerprint density at radius 3 is 1.62 bits per heavy atom.